The highest BCUT2D eigenvalue weighted by atomic mass is 16.6. The van der Waals surface area contributed by atoms with E-state index in [1.165, 1.54) is 0 Å². The molecular weight excluding hydrogens is 246 g/mol. The molecule has 2 fully saturated rings. The first-order chi connectivity index (χ1) is 8.94. The van der Waals surface area contributed by atoms with Crippen LogP contribution in [0.1, 0.15) is 33.6 Å². The molecule has 5 heteroatoms. The van der Waals surface area contributed by atoms with Gasteiger partial charge >= 0.3 is 6.09 Å². The molecule has 0 unspecified atom stereocenters. The largest absolute Gasteiger partial charge is 0.444 e. The normalized spacial score (nSPS) is 24.4. The van der Waals surface area contributed by atoms with Crippen molar-refractivity contribution in [2.24, 2.45) is 5.92 Å². The third-order valence-corrected chi connectivity index (χ3v) is 3.33. The molecule has 5 nitrogen and oxygen atoms in total. The monoisotopic (exact) mass is 271 g/mol. The Kier molecular flexibility index (Phi) is 4.68. The first-order valence-corrected chi connectivity index (χ1v) is 7.11. The van der Waals surface area contributed by atoms with Crippen LogP contribution in [0, 0.1) is 5.92 Å². The van der Waals surface area contributed by atoms with Crippen LogP contribution in [0.4, 0.5) is 4.79 Å². The van der Waals surface area contributed by atoms with Crippen molar-refractivity contribution in [2.45, 2.75) is 45.3 Å². The molecular formula is C14H25NO4. The van der Waals surface area contributed by atoms with Crippen LogP contribution in [0.5, 0.6) is 0 Å². The zero-order valence-corrected chi connectivity index (χ0v) is 12.2. The first-order valence-electron chi connectivity index (χ1n) is 7.11. The molecule has 0 aromatic rings. The summed E-state index contributed by atoms with van der Waals surface area (Å²) in [5, 5.41) is 0. The van der Waals surface area contributed by atoms with Crippen LogP contribution in [-0.4, -0.2) is 55.6 Å². The zero-order valence-electron chi connectivity index (χ0n) is 12.2. The lowest BCUT2D eigenvalue weighted by molar-refractivity contribution is 0.0109. The Morgan fingerprint density at radius 3 is 2.42 bits per heavy atom. The van der Waals surface area contributed by atoms with E-state index in [4.69, 9.17) is 14.2 Å². The van der Waals surface area contributed by atoms with Gasteiger partial charge in [-0.1, -0.05) is 0 Å². The average Bonchev–Trinajstić information content (AvgIpc) is 3.12. The van der Waals surface area contributed by atoms with E-state index in [9.17, 15) is 4.79 Å². The van der Waals surface area contributed by atoms with Crippen molar-refractivity contribution in [1.82, 2.24) is 4.90 Å². The molecule has 0 radical (unpaired) electrons. The summed E-state index contributed by atoms with van der Waals surface area (Å²) < 4.78 is 16.1. The Hall–Kier alpha value is -0.810. The number of ether oxygens (including phenoxy) is 3. The molecule has 2 heterocycles. The minimum atomic E-state index is -0.415. The second-order valence-electron chi connectivity index (χ2n) is 6.40. The number of nitrogens with zero attached hydrogens (tertiary/aromatic N) is 1. The molecule has 0 aliphatic carbocycles. The summed E-state index contributed by atoms with van der Waals surface area (Å²) in [6.07, 6.45) is 2.12. The molecule has 0 N–H and O–H groups in total. The van der Waals surface area contributed by atoms with Crippen LogP contribution in [-0.2, 0) is 14.2 Å². The second-order valence-corrected chi connectivity index (χ2v) is 6.40. The van der Waals surface area contributed by atoms with E-state index in [1.54, 1.807) is 4.90 Å². The number of carbonyl (C=O) groups excluding carboxylic acids is 1. The van der Waals surface area contributed by atoms with Crippen molar-refractivity contribution < 1.29 is 19.0 Å². The Morgan fingerprint density at radius 1 is 1.26 bits per heavy atom. The fourth-order valence-corrected chi connectivity index (χ4v) is 2.14. The van der Waals surface area contributed by atoms with Gasteiger partial charge in [0.05, 0.1) is 13.2 Å². The summed E-state index contributed by atoms with van der Waals surface area (Å²) >= 11 is 0. The highest BCUT2D eigenvalue weighted by Gasteiger charge is 2.28. The van der Waals surface area contributed by atoms with Crippen molar-refractivity contribution in [1.29, 1.82) is 0 Å². The number of amides is 1. The number of rotatable bonds is 4. The summed E-state index contributed by atoms with van der Waals surface area (Å²) in [6, 6.07) is 0. The van der Waals surface area contributed by atoms with Crippen LogP contribution < -0.4 is 0 Å². The molecule has 2 saturated heterocycles. The van der Waals surface area contributed by atoms with Crippen molar-refractivity contribution in [3.8, 4) is 0 Å². The van der Waals surface area contributed by atoms with Crippen molar-refractivity contribution in [3.63, 3.8) is 0 Å². The van der Waals surface area contributed by atoms with Crippen LogP contribution in [0.3, 0.4) is 0 Å². The lowest BCUT2D eigenvalue weighted by Gasteiger charge is -2.33. The Bertz CT molecular complexity index is 301. The Morgan fingerprint density at radius 2 is 1.89 bits per heavy atom. The van der Waals surface area contributed by atoms with Gasteiger partial charge in [0.1, 0.15) is 11.7 Å². The lowest BCUT2D eigenvalue weighted by Crippen LogP contribution is -2.42. The molecule has 0 aromatic heterocycles. The van der Waals surface area contributed by atoms with E-state index in [-0.39, 0.29) is 6.09 Å². The van der Waals surface area contributed by atoms with Gasteiger partial charge < -0.3 is 19.1 Å². The summed E-state index contributed by atoms with van der Waals surface area (Å²) in [7, 11) is 0. The van der Waals surface area contributed by atoms with Gasteiger partial charge in [0.15, 0.2) is 0 Å². The summed E-state index contributed by atoms with van der Waals surface area (Å²) in [4.78, 5) is 13.7. The third kappa shape index (κ3) is 5.37. The van der Waals surface area contributed by atoms with Gasteiger partial charge in [0.25, 0.3) is 0 Å². The second kappa shape index (κ2) is 6.09. The lowest BCUT2D eigenvalue weighted by atomic mass is 9.98. The SMILES string of the molecule is CC(C)(C)OC(=O)N1CCC(COC[C@H]2CO2)CC1. The molecule has 2 aliphatic rings. The maximum Gasteiger partial charge on any atom is 0.410 e. The molecule has 0 aromatic carbocycles. The maximum absolute atomic E-state index is 11.9. The third-order valence-electron chi connectivity index (χ3n) is 3.33. The van der Waals surface area contributed by atoms with Crippen LogP contribution in [0.15, 0.2) is 0 Å². The summed E-state index contributed by atoms with van der Waals surface area (Å²) in [6.45, 7) is 9.56. The van der Waals surface area contributed by atoms with E-state index >= 15 is 0 Å². The molecule has 1 atom stereocenters. The zero-order chi connectivity index (χ0) is 13.9. The number of hydrogen-bond donors (Lipinski definition) is 0. The first kappa shape index (κ1) is 14.6. The minimum absolute atomic E-state index is 0.196. The van der Waals surface area contributed by atoms with Gasteiger partial charge in [-0.25, -0.2) is 4.79 Å². The predicted molar refractivity (Wildman–Crippen MR) is 71.1 cm³/mol. The molecule has 2 aliphatic heterocycles. The van der Waals surface area contributed by atoms with E-state index < -0.39 is 5.60 Å². The van der Waals surface area contributed by atoms with Gasteiger partial charge in [0.2, 0.25) is 0 Å². The molecule has 19 heavy (non-hydrogen) atoms. The Labute approximate surface area is 115 Å². The van der Waals surface area contributed by atoms with Gasteiger partial charge in [-0.3, -0.25) is 0 Å². The standard InChI is InChI=1S/C14H25NO4/c1-14(2,3)19-13(16)15-6-4-11(5-7-15)8-17-9-12-10-18-12/h11-12H,4-10H2,1-3H3/t12-/m0/s1. The smallest absolute Gasteiger partial charge is 0.410 e. The molecule has 110 valence electrons. The number of hydrogen-bond acceptors (Lipinski definition) is 4. The number of piperidine rings is 1. The molecule has 1 amide bonds. The quantitative estimate of drug-likeness (QED) is 0.734. The van der Waals surface area contributed by atoms with Gasteiger partial charge in [-0.2, -0.15) is 0 Å². The van der Waals surface area contributed by atoms with E-state index in [2.05, 4.69) is 0 Å². The van der Waals surface area contributed by atoms with E-state index in [0.717, 1.165) is 39.1 Å². The van der Waals surface area contributed by atoms with Crippen molar-refractivity contribution in [2.75, 3.05) is 32.9 Å². The molecule has 0 bridgehead atoms. The minimum Gasteiger partial charge on any atom is -0.444 e. The predicted octanol–water partition coefficient (Wildman–Crippen LogP) is 2.05. The number of epoxide rings is 1. The van der Waals surface area contributed by atoms with Crippen LogP contribution >= 0.6 is 0 Å². The number of carbonyl (C=O) groups is 1. The van der Waals surface area contributed by atoms with Gasteiger partial charge in [-0.05, 0) is 39.5 Å². The maximum atomic E-state index is 11.9. The number of likely N-dealkylation sites (tertiary alicyclic amines) is 1. The van der Waals surface area contributed by atoms with Crippen molar-refractivity contribution >= 4 is 6.09 Å². The Balaban J connectivity index is 1.62. The average molecular weight is 271 g/mol. The molecule has 2 rings (SSSR count). The van der Waals surface area contributed by atoms with Gasteiger partial charge in [-0.15, -0.1) is 0 Å². The van der Waals surface area contributed by atoms with Crippen LogP contribution in [0.2, 0.25) is 0 Å². The van der Waals surface area contributed by atoms with Crippen LogP contribution in [0.25, 0.3) is 0 Å². The summed E-state index contributed by atoms with van der Waals surface area (Å²) in [5.41, 5.74) is -0.415. The topological polar surface area (TPSA) is 51.3 Å². The molecule has 0 saturated carbocycles. The van der Waals surface area contributed by atoms with Crippen molar-refractivity contribution in [3.05, 3.63) is 0 Å². The highest BCUT2D eigenvalue weighted by Crippen LogP contribution is 2.20. The summed E-state index contributed by atoms with van der Waals surface area (Å²) in [5.74, 6) is 0.553. The van der Waals surface area contributed by atoms with Gasteiger partial charge in [0, 0.05) is 19.7 Å². The highest BCUT2D eigenvalue weighted by molar-refractivity contribution is 5.68. The molecule has 0 spiro atoms. The van der Waals surface area contributed by atoms with E-state index in [0.29, 0.717) is 18.6 Å². The fraction of sp³-hybridized carbons (Fsp3) is 0.929. The fourth-order valence-electron chi connectivity index (χ4n) is 2.14. The van der Waals surface area contributed by atoms with E-state index in [1.807, 2.05) is 20.8 Å².